The van der Waals surface area contributed by atoms with Gasteiger partial charge in [-0.15, -0.1) is 5.10 Å². The van der Waals surface area contributed by atoms with Crippen molar-refractivity contribution < 1.29 is 18.7 Å². The highest BCUT2D eigenvalue weighted by molar-refractivity contribution is 5.84. The van der Waals surface area contributed by atoms with Gasteiger partial charge in [-0.3, -0.25) is 9.59 Å². The zero-order valence-corrected chi connectivity index (χ0v) is 15.4. The molecule has 0 N–H and O–H groups in total. The second-order valence-corrected chi connectivity index (χ2v) is 6.21. The first-order valence-electron chi connectivity index (χ1n) is 8.54. The number of nitrogens with zero attached hydrogens (tertiary/aromatic N) is 3. The minimum atomic E-state index is -1.11. The van der Waals surface area contributed by atoms with Gasteiger partial charge in [0.15, 0.2) is 0 Å². The molecule has 0 spiro atoms. The Morgan fingerprint density at radius 3 is 2.29 bits per heavy atom. The molecule has 8 heteroatoms. The fourth-order valence-electron chi connectivity index (χ4n) is 2.52. The van der Waals surface area contributed by atoms with Gasteiger partial charge in [0.1, 0.15) is 6.54 Å². The summed E-state index contributed by atoms with van der Waals surface area (Å²) in [7, 11) is 3.14. The molecule has 0 aliphatic carbocycles. The standard InChI is InChI=1S/C20H19N3O5/c1-22(2)19(25)17(14-9-5-3-6-10-14)27-16(24)13-23-20(26)28-18(21-23)15-11-7-4-8-12-15/h3-12,17H,13H2,1-2H3/t17-/m0/s1. The summed E-state index contributed by atoms with van der Waals surface area (Å²) >= 11 is 0. The first-order valence-corrected chi connectivity index (χ1v) is 8.54. The number of esters is 1. The maximum atomic E-state index is 12.4. The Kier molecular flexibility index (Phi) is 5.69. The third-order valence-electron chi connectivity index (χ3n) is 3.92. The van der Waals surface area contributed by atoms with Gasteiger partial charge in [0.2, 0.25) is 12.0 Å². The molecule has 1 amide bonds. The van der Waals surface area contributed by atoms with E-state index in [0.29, 0.717) is 11.1 Å². The van der Waals surface area contributed by atoms with Gasteiger partial charge in [-0.2, -0.15) is 4.68 Å². The van der Waals surface area contributed by atoms with Gasteiger partial charge in [-0.1, -0.05) is 48.5 Å². The molecule has 0 aliphatic rings. The highest BCUT2D eigenvalue weighted by Crippen LogP contribution is 2.20. The van der Waals surface area contributed by atoms with Crippen molar-refractivity contribution in [1.29, 1.82) is 0 Å². The van der Waals surface area contributed by atoms with Gasteiger partial charge in [0.25, 0.3) is 5.91 Å². The molecule has 2 aromatic carbocycles. The molecule has 8 nitrogen and oxygen atoms in total. The van der Waals surface area contributed by atoms with Gasteiger partial charge in [-0.05, 0) is 12.1 Å². The largest absolute Gasteiger partial charge is 0.446 e. The molecule has 1 heterocycles. The van der Waals surface area contributed by atoms with Crippen molar-refractivity contribution in [2.24, 2.45) is 0 Å². The molecule has 1 atom stereocenters. The van der Waals surface area contributed by atoms with E-state index in [9.17, 15) is 14.4 Å². The van der Waals surface area contributed by atoms with E-state index in [-0.39, 0.29) is 5.89 Å². The minimum Gasteiger partial charge on any atom is -0.446 e. The normalized spacial score (nSPS) is 11.6. The summed E-state index contributed by atoms with van der Waals surface area (Å²) in [6.45, 7) is -0.473. The summed E-state index contributed by atoms with van der Waals surface area (Å²) in [5.41, 5.74) is 1.14. The fourth-order valence-corrected chi connectivity index (χ4v) is 2.52. The van der Waals surface area contributed by atoms with E-state index in [1.807, 2.05) is 6.07 Å². The molecule has 0 aliphatic heterocycles. The molecule has 0 unspecified atom stereocenters. The second kappa shape index (κ2) is 8.34. The zero-order valence-electron chi connectivity index (χ0n) is 15.4. The third kappa shape index (κ3) is 4.35. The fraction of sp³-hybridized carbons (Fsp3) is 0.200. The highest BCUT2D eigenvalue weighted by atomic mass is 16.5. The lowest BCUT2D eigenvalue weighted by Crippen LogP contribution is -2.33. The van der Waals surface area contributed by atoms with E-state index in [1.54, 1.807) is 68.7 Å². The van der Waals surface area contributed by atoms with Crippen molar-refractivity contribution in [2.45, 2.75) is 12.6 Å². The van der Waals surface area contributed by atoms with E-state index in [0.717, 1.165) is 4.68 Å². The zero-order chi connectivity index (χ0) is 20.1. The first kappa shape index (κ1) is 19.1. The number of rotatable bonds is 6. The summed E-state index contributed by atoms with van der Waals surface area (Å²) in [4.78, 5) is 38.2. The lowest BCUT2D eigenvalue weighted by Gasteiger charge is -2.21. The quantitative estimate of drug-likeness (QED) is 0.605. The van der Waals surface area contributed by atoms with Crippen molar-refractivity contribution in [3.8, 4) is 11.5 Å². The number of aromatic nitrogens is 2. The average Bonchev–Trinajstić information content (AvgIpc) is 3.07. The molecule has 0 saturated carbocycles. The number of amides is 1. The van der Waals surface area contributed by atoms with E-state index < -0.39 is 30.3 Å². The third-order valence-corrected chi connectivity index (χ3v) is 3.92. The number of carbonyl (C=O) groups is 2. The Hall–Kier alpha value is -3.68. The maximum absolute atomic E-state index is 12.4. The number of hydrogen-bond acceptors (Lipinski definition) is 6. The second-order valence-electron chi connectivity index (χ2n) is 6.21. The van der Waals surface area contributed by atoms with E-state index >= 15 is 0 Å². The Morgan fingerprint density at radius 2 is 1.68 bits per heavy atom. The molecule has 0 saturated heterocycles. The molecule has 3 rings (SSSR count). The predicted molar refractivity (Wildman–Crippen MR) is 100 cm³/mol. The van der Waals surface area contributed by atoms with Crippen LogP contribution in [-0.2, 0) is 20.9 Å². The van der Waals surface area contributed by atoms with Crippen molar-refractivity contribution in [2.75, 3.05) is 14.1 Å². The maximum Gasteiger partial charge on any atom is 0.437 e. The Balaban J connectivity index is 1.78. The number of hydrogen-bond donors (Lipinski definition) is 0. The SMILES string of the molecule is CN(C)C(=O)[C@@H](OC(=O)Cn1nc(-c2ccccc2)oc1=O)c1ccccc1. The lowest BCUT2D eigenvalue weighted by molar-refractivity contribution is -0.160. The summed E-state index contributed by atoms with van der Waals surface area (Å²) in [6.07, 6.45) is -1.11. The summed E-state index contributed by atoms with van der Waals surface area (Å²) in [5.74, 6) is -1.86. The number of likely N-dealkylation sites (N-methyl/N-ethyl adjacent to an activating group) is 1. The van der Waals surface area contributed by atoms with Crippen LogP contribution in [0.1, 0.15) is 11.7 Å². The van der Waals surface area contributed by atoms with Crippen LogP contribution < -0.4 is 5.76 Å². The minimum absolute atomic E-state index is 0.0994. The number of ether oxygens (including phenoxy) is 1. The first-order chi connectivity index (χ1) is 13.5. The number of benzene rings is 2. The molecule has 0 fully saturated rings. The van der Waals surface area contributed by atoms with Crippen molar-refractivity contribution >= 4 is 11.9 Å². The van der Waals surface area contributed by atoms with Crippen molar-refractivity contribution in [3.63, 3.8) is 0 Å². The Labute approximate surface area is 161 Å². The molecule has 1 aromatic heterocycles. The predicted octanol–water partition coefficient (Wildman–Crippen LogP) is 1.88. The van der Waals surface area contributed by atoms with Crippen LogP contribution in [0.2, 0.25) is 0 Å². The van der Waals surface area contributed by atoms with Crippen LogP contribution in [0.4, 0.5) is 0 Å². The van der Waals surface area contributed by atoms with Gasteiger partial charge in [0, 0.05) is 25.2 Å². The van der Waals surface area contributed by atoms with Crippen molar-refractivity contribution in [3.05, 3.63) is 76.8 Å². The highest BCUT2D eigenvalue weighted by Gasteiger charge is 2.27. The monoisotopic (exact) mass is 381 g/mol. The molecular formula is C20H19N3O5. The Bertz CT molecular complexity index is 1010. The summed E-state index contributed by atoms with van der Waals surface area (Å²) in [5, 5.41) is 4.02. The van der Waals surface area contributed by atoms with E-state index in [1.165, 1.54) is 4.90 Å². The molecule has 144 valence electrons. The number of carbonyl (C=O) groups excluding carboxylic acids is 2. The van der Waals surface area contributed by atoms with E-state index in [2.05, 4.69) is 5.10 Å². The van der Waals surface area contributed by atoms with Crippen LogP contribution in [0.15, 0.2) is 69.9 Å². The van der Waals surface area contributed by atoms with Gasteiger partial charge < -0.3 is 14.1 Å². The Morgan fingerprint density at radius 1 is 1.07 bits per heavy atom. The summed E-state index contributed by atoms with van der Waals surface area (Å²) < 4.78 is 11.3. The van der Waals surface area contributed by atoms with Crippen LogP contribution in [-0.4, -0.2) is 40.7 Å². The lowest BCUT2D eigenvalue weighted by atomic mass is 10.1. The molecule has 0 bridgehead atoms. The summed E-state index contributed by atoms with van der Waals surface area (Å²) in [6, 6.07) is 17.5. The average molecular weight is 381 g/mol. The smallest absolute Gasteiger partial charge is 0.437 e. The van der Waals surface area contributed by atoms with Gasteiger partial charge >= 0.3 is 11.7 Å². The molecule has 3 aromatic rings. The van der Waals surface area contributed by atoms with Crippen LogP contribution in [0.5, 0.6) is 0 Å². The van der Waals surface area contributed by atoms with Crippen LogP contribution in [0.3, 0.4) is 0 Å². The topological polar surface area (TPSA) is 94.6 Å². The van der Waals surface area contributed by atoms with Gasteiger partial charge in [-0.25, -0.2) is 4.79 Å². The van der Waals surface area contributed by atoms with Crippen LogP contribution in [0, 0.1) is 0 Å². The molecule has 0 radical (unpaired) electrons. The molecular weight excluding hydrogens is 362 g/mol. The van der Waals surface area contributed by atoms with Crippen molar-refractivity contribution in [1.82, 2.24) is 14.7 Å². The van der Waals surface area contributed by atoms with Crippen LogP contribution >= 0.6 is 0 Å². The molecule has 28 heavy (non-hydrogen) atoms. The van der Waals surface area contributed by atoms with E-state index in [4.69, 9.17) is 9.15 Å². The van der Waals surface area contributed by atoms with Gasteiger partial charge in [0.05, 0.1) is 0 Å². The van der Waals surface area contributed by atoms with Crippen LogP contribution in [0.25, 0.3) is 11.5 Å².